The van der Waals surface area contributed by atoms with Gasteiger partial charge in [0, 0.05) is 24.0 Å². The van der Waals surface area contributed by atoms with Crippen molar-refractivity contribution in [2.45, 2.75) is 26.7 Å². The Labute approximate surface area is 117 Å². The van der Waals surface area contributed by atoms with Crippen LogP contribution in [0.15, 0.2) is 18.2 Å². The van der Waals surface area contributed by atoms with E-state index in [0.717, 1.165) is 41.5 Å². The van der Waals surface area contributed by atoms with Crippen LogP contribution in [0.5, 0.6) is 0 Å². The van der Waals surface area contributed by atoms with Gasteiger partial charge in [-0.3, -0.25) is 4.79 Å². The number of amides is 1. The van der Waals surface area contributed by atoms with Gasteiger partial charge in [0.05, 0.1) is 0 Å². The van der Waals surface area contributed by atoms with Gasteiger partial charge in [-0.25, -0.2) is 0 Å². The van der Waals surface area contributed by atoms with Crippen molar-refractivity contribution in [3.05, 3.63) is 34.9 Å². The standard InChI is InChI=1S/C15H20BrNO/c1-11-5-3-6-12(2)14(11)15(18)17-8-4-7-13(9-16)10-17/h3,5-6,13H,4,7-10H2,1-2H3. The molecule has 1 unspecified atom stereocenters. The van der Waals surface area contributed by atoms with Crippen LogP contribution < -0.4 is 0 Å². The predicted octanol–water partition coefficient (Wildman–Crippen LogP) is 3.55. The first-order valence-electron chi connectivity index (χ1n) is 6.55. The highest BCUT2D eigenvalue weighted by Gasteiger charge is 2.25. The Morgan fingerprint density at radius 1 is 1.39 bits per heavy atom. The summed E-state index contributed by atoms with van der Waals surface area (Å²) in [7, 11) is 0. The maximum atomic E-state index is 12.6. The van der Waals surface area contributed by atoms with Crippen molar-refractivity contribution in [3.63, 3.8) is 0 Å². The number of carbonyl (C=O) groups is 1. The number of halogens is 1. The van der Waals surface area contributed by atoms with E-state index in [4.69, 9.17) is 0 Å². The van der Waals surface area contributed by atoms with E-state index in [1.54, 1.807) is 0 Å². The molecule has 18 heavy (non-hydrogen) atoms. The summed E-state index contributed by atoms with van der Waals surface area (Å²) >= 11 is 3.53. The van der Waals surface area contributed by atoms with Crippen molar-refractivity contribution >= 4 is 21.8 Å². The molecule has 1 heterocycles. The summed E-state index contributed by atoms with van der Waals surface area (Å²) in [5.41, 5.74) is 3.06. The monoisotopic (exact) mass is 309 g/mol. The average molecular weight is 310 g/mol. The third kappa shape index (κ3) is 2.77. The molecule has 3 heteroatoms. The smallest absolute Gasteiger partial charge is 0.254 e. The van der Waals surface area contributed by atoms with Crippen LogP contribution in [0.25, 0.3) is 0 Å². The molecule has 0 aliphatic carbocycles. The molecule has 1 aromatic carbocycles. The molecule has 0 N–H and O–H groups in total. The minimum absolute atomic E-state index is 0.205. The summed E-state index contributed by atoms with van der Waals surface area (Å²) in [4.78, 5) is 14.6. The number of hydrogen-bond acceptors (Lipinski definition) is 1. The molecule has 1 amide bonds. The number of rotatable bonds is 2. The quantitative estimate of drug-likeness (QED) is 0.765. The van der Waals surface area contributed by atoms with E-state index in [2.05, 4.69) is 15.9 Å². The van der Waals surface area contributed by atoms with Crippen LogP contribution in [-0.2, 0) is 0 Å². The number of nitrogens with zero attached hydrogens (tertiary/aromatic N) is 1. The molecule has 0 saturated carbocycles. The number of hydrogen-bond donors (Lipinski definition) is 0. The normalized spacial score (nSPS) is 19.9. The molecule has 1 aliphatic rings. The van der Waals surface area contributed by atoms with Crippen LogP contribution in [0.3, 0.4) is 0 Å². The van der Waals surface area contributed by atoms with Gasteiger partial charge in [-0.2, -0.15) is 0 Å². The fraction of sp³-hybridized carbons (Fsp3) is 0.533. The third-order valence-corrected chi connectivity index (χ3v) is 4.64. The minimum atomic E-state index is 0.205. The Kier molecular flexibility index (Phi) is 4.44. The Morgan fingerprint density at radius 3 is 2.67 bits per heavy atom. The molecule has 0 bridgehead atoms. The van der Waals surface area contributed by atoms with Gasteiger partial charge in [0.25, 0.3) is 5.91 Å². The zero-order valence-electron chi connectivity index (χ0n) is 11.1. The lowest BCUT2D eigenvalue weighted by Crippen LogP contribution is -2.40. The van der Waals surface area contributed by atoms with Crippen LogP contribution in [-0.4, -0.2) is 29.2 Å². The Hall–Kier alpha value is -0.830. The molecule has 2 nitrogen and oxygen atoms in total. The second-order valence-corrected chi connectivity index (χ2v) is 5.83. The molecule has 1 fully saturated rings. The third-order valence-electron chi connectivity index (χ3n) is 3.72. The van der Waals surface area contributed by atoms with Crippen molar-refractivity contribution in [2.24, 2.45) is 5.92 Å². The van der Waals surface area contributed by atoms with Gasteiger partial charge in [-0.15, -0.1) is 0 Å². The number of alkyl halides is 1. The number of piperidine rings is 1. The molecule has 0 aromatic heterocycles. The Balaban J connectivity index is 2.20. The lowest BCUT2D eigenvalue weighted by Gasteiger charge is -2.32. The fourth-order valence-electron chi connectivity index (χ4n) is 2.69. The maximum Gasteiger partial charge on any atom is 0.254 e. The Morgan fingerprint density at radius 2 is 2.06 bits per heavy atom. The van der Waals surface area contributed by atoms with Gasteiger partial charge in [0.15, 0.2) is 0 Å². The van der Waals surface area contributed by atoms with Crippen LogP contribution in [0, 0.1) is 19.8 Å². The van der Waals surface area contributed by atoms with E-state index in [0.29, 0.717) is 5.92 Å². The van der Waals surface area contributed by atoms with E-state index in [-0.39, 0.29) is 5.91 Å². The topological polar surface area (TPSA) is 20.3 Å². The summed E-state index contributed by atoms with van der Waals surface area (Å²) in [5.74, 6) is 0.809. The number of carbonyl (C=O) groups excluding carboxylic acids is 1. The molecule has 1 atom stereocenters. The molecule has 0 radical (unpaired) electrons. The largest absolute Gasteiger partial charge is 0.338 e. The van der Waals surface area contributed by atoms with Gasteiger partial charge in [-0.1, -0.05) is 34.1 Å². The Bertz CT molecular complexity index is 424. The summed E-state index contributed by atoms with van der Waals surface area (Å²) in [6, 6.07) is 6.05. The first-order chi connectivity index (χ1) is 8.63. The first kappa shape index (κ1) is 13.6. The van der Waals surface area contributed by atoms with E-state index in [1.165, 1.54) is 6.42 Å². The van der Waals surface area contributed by atoms with Crippen LogP contribution in [0.2, 0.25) is 0 Å². The van der Waals surface area contributed by atoms with Crippen molar-refractivity contribution in [1.82, 2.24) is 4.90 Å². The average Bonchev–Trinajstić information content (AvgIpc) is 2.38. The summed E-state index contributed by atoms with van der Waals surface area (Å²) in [6.45, 7) is 5.83. The summed E-state index contributed by atoms with van der Waals surface area (Å²) in [6.07, 6.45) is 2.34. The zero-order chi connectivity index (χ0) is 13.1. The summed E-state index contributed by atoms with van der Waals surface area (Å²) < 4.78 is 0. The van der Waals surface area contributed by atoms with Gasteiger partial charge in [0.1, 0.15) is 0 Å². The van der Waals surface area contributed by atoms with Crippen molar-refractivity contribution in [1.29, 1.82) is 0 Å². The van der Waals surface area contributed by atoms with Crippen LogP contribution in [0.4, 0.5) is 0 Å². The highest BCUT2D eigenvalue weighted by Crippen LogP contribution is 2.22. The molecular formula is C15H20BrNO. The molecule has 1 aliphatic heterocycles. The van der Waals surface area contributed by atoms with E-state index < -0.39 is 0 Å². The van der Waals surface area contributed by atoms with Gasteiger partial charge >= 0.3 is 0 Å². The second kappa shape index (κ2) is 5.87. The lowest BCUT2D eigenvalue weighted by atomic mass is 9.97. The van der Waals surface area contributed by atoms with Crippen LogP contribution >= 0.6 is 15.9 Å². The van der Waals surface area contributed by atoms with Crippen molar-refractivity contribution < 1.29 is 4.79 Å². The zero-order valence-corrected chi connectivity index (χ0v) is 12.7. The molecular weight excluding hydrogens is 290 g/mol. The molecule has 2 rings (SSSR count). The van der Waals surface area contributed by atoms with Crippen molar-refractivity contribution in [3.8, 4) is 0 Å². The molecule has 98 valence electrons. The highest BCUT2D eigenvalue weighted by atomic mass is 79.9. The fourth-order valence-corrected chi connectivity index (χ4v) is 3.21. The van der Waals surface area contributed by atoms with E-state index >= 15 is 0 Å². The second-order valence-electron chi connectivity index (χ2n) is 5.18. The molecule has 1 saturated heterocycles. The van der Waals surface area contributed by atoms with Gasteiger partial charge in [0.2, 0.25) is 0 Å². The number of likely N-dealkylation sites (tertiary alicyclic amines) is 1. The van der Waals surface area contributed by atoms with Gasteiger partial charge < -0.3 is 4.90 Å². The maximum absolute atomic E-state index is 12.6. The number of benzene rings is 1. The van der Waals surface area contributed by atoms with Gasteiger partial charge in [-0.05, 0) is 43.7 Å². The summed E-state index contributed by atoms with van der Waals surface area (Å²) in [5, 5.41) is 0.990. The minimum Gasteiger partial charge on any atom is -0.338 e. The van der Waals surface area contributed by atoms with Crippen molar-refractivity contribution in [2.75, 3.05) is 18.4 Å². The molecule has 1 aromatic rings. The highest BCUT2D eigenvalue weighted by molar-refractivity contribution is 9.09. The first-order valence-corrected chi connectivity index (χ1v) is 7.67. The van der Waals surface area contributed by atoms with E-state index in [9.17, 15) is 4.79 Å². The SMILES string of the molecule is Cc1cccc(C)c1C(=O)N1CCCC(CBr)C1. The van der Waals surface area contributed by atoms with E-state index in [1.807, 2.05) is 36.9 Å². The number of aryl methyl sites for hydroxylation is 2. The molecule has 0 spiro atoms. The lowest BCUT2D eigenvalue weighted by molar-refractivity contribution is 0.0684. The predicted molar refractivity (Wildman–Crippen MR) is 78.3 cm³/mol. The van der Waals surface area contributed by atoms with Crippen LogP contribution in [0.1, 0.15) is 34.3 Å².